The summed E-state index contributed by atoms with van der Waals surface area (Å²) in [5.41, 5.74) is 4.06. The van der Waals surface area contributed by atoms with Crippen LogP contribution >= 0.6 is 11.3 Å². The monoisotopic (exact) mass is 326 g/mol. The third-order valence-electron chi connectivity index (χ3n) is 3.66. The molecule has 1 aromatic carbocycles. The molecule has 0 bridgehead atoms. The number of carbonyl (C=O) groups is 1. The maximum Gasteiger partial charge on any atom is 0.247 e. The highest BCUT2D eigenvalue weighted by atomic mass is 32.1. The molecule has 0 saturated heterocycles. The van der Waals surface area contributed by atoms with Gasteiger partial charge in [-0.25, -0.2) is 4.98 Å². The van der Waals surface area contributed by atoms with E-state index >= 15 is 0 Å². The summed E-state index contributed by atoms with van der Waals surface area (Å²) in [5, 5.41) is 9.55. The molecule has 1 amide bonds. The fourth-order valence-electron chi connectivity index (χ4n) is 2.65. The molecule has 4 rings (SSSR count). The maximum atomic E-state index is 12.2. The van der Waals surface area contributed by atoms with E-state index in [2.05, 4.69) is 21.5 Å². The number of carbonyl (C=O) groups excluding carboxylic acids is 1. The normalized spacial score (nSPS) is 12.2. The van der Waals surface area contributed by atoms with Crippen LogP contribution in [0.5, 0.6) is 5.75 Å². The van der Waals surface area contributed by atoms with E-state index in [4.69, 9.17) is 4.74 Å². The standard InChI is InChI=1S/C16H14N4O2S/c1-10-2-3-13-12(6-10)15-11(9-22-13)7-18-20(15)8-14(21)19-16-17-4-5-23-16/h2-7H,8-9H2,1H3,(H,17,19,21). The third-order valence-corrected chi connectivity index (χ3v) is 4.35. The van der Waals surface area contributed by atoms with Gasteiger partial charge in [-0.15, -0.1) is 11.3 Å². The Kier molecular flexibility index (Phi) is 3.34. The summed E-state index contributed by atoms with van der Waals surface area (Å²) in [7, 11) is 0. The first-order valence-electron chi connectivity index (χ1n) is 7.18. The molecule has 0 radical (unpaired) electrons. The lowest BCUT2D eigenvalue weighted by atomic mass is 10.0. The Morgan fingerprint density at radius 2 is 2.39 bits per heavy atom. The lowest BCUT2D eigenvalue weighted by molar-refractivity contribution is -0.116. The van der Waals surface area contributed by atoms with E-state index in [0.29, 0.717) is 11.7 Å². The Balaban J connectivity index is 1.65. The summed E-state index contributed by atoms with van der Waals surface area (Å²) in [6, 6.07) is 6.03. The van der Waals surface area contributed by atoms with E-state index in [-0.39, 0.29) is 12.5 Å². The molecule has 2 aromatic heterocycles. The van der Waals surface area contributed by atoms with Gasteiger partial charge in [0.1, 0.15) is 18.9 Å². The third kappa shape index (κ3) is 2.59. The molecule has 0 aliphatic carbocycles. The van der Waals surface area contributed by atoms with Gasteiger partial charge in [-0.3, -0.25) is 9.48 Å². The zero-order chi connectivity index (χ0) is 15.8. The Labute approximate surface area is 136 Å². The number of anilines is 1. The molecule has 1 N–H and O–H groups in total. The number of hydrogen-bond acceptors (Lipinski definition) is 5. The summed E-state index contributed by atoms with van der Waals surface area (Å²) in [6.45, 7) is 2.65. The van der Waals surface area contributed by atoms with Gasteiger partial charge in [0.15, 0.2) is 5.13 Å². The number of aryl methyl sites for hydroxylation is 1. The number of thiazole rings is 1. The van der Waals surface area contributed by atoms with Crippen molar-refractivity contribution >= 4 is 22.4 Å². The van der Waals surface area contributed by atoms with Crippen LogP contribution in [0.4, 0.5) is 5.13 Å². The van der Waals surface area contributed by atoms with Crippen molar-refractivity contribution in [2.45, 2.75) is 20.1 Å². The van der Waals surface area contributed by atoms with E-state index in [0.717, 1.165) is 28.1 Å². The molecule has 0 spiro atoms. The number of benzene rings is 1. The maximum absolute atomic E-state index is 12.2. The van der Waals surface area contributed by atoms with Gasteiger partial charge in [-0.2, -0.15) is 5.10 Å². The Hall–Kier alpha value is -2.67. The van der Waals surface area contributed by atoms with Crippen molar-refractivity contribution < 1.29 is 9.53 Å². The first kappa shape index (κ1) is 14.0. The largest absolute Gasteiger partial charge is 0.488 e. The Morgan fingerprint density at radius 3 is 3.22 bits per heavy atom. The van der Waals surface area contributed by atoms with Gasteiger partial charge >= 0.3 is 0 Å². The van der Waals surface area contributed by atoms with Gasteiger partial charge in [-0.1, -0.05) is 11.6 Å². The quantitative estimate of drug-likeness (QED) is 0.803. The highest BCUT2D eigenvalue weighted by Gasteiger charge is 2.23. The number of hydrogen-bond donors (Lipinski definition) is 1. The van der Waals surface area contributed by atoms with Gasteiger partial charge in [0.2, 0.25) is 5.91 Å². The molecule has 116 valence electrons. The van der Waals surface area contributed by atoms with Crippen molar-refractivity contribution in [2.75, 3.05) is 5.32 Å². The molecule has 1 aliphatic rings. The predicted molar refractivity (Wildman–Crippen MR) is 87.5 cm³/mol. The van der Waals surface area contributed by atoms with Crippen LogP contribution in [0.15, 0.2) is 36.0 Å². The average molecular weight is 326 g/mol. The second kappa shape index (κ2) is 5.51. The highest BCUT2D eigenvalue weighted by Crippen LogP contribution is 2.37. The second-order valence-electron chi connectivity index (χ2n) is 5.35. The molecular weight excluding hydrogens is 312 g/mol. The lowest BCUT2D eigenvalue weighted by Gasteiger charge is -2.19. The summed E-state index contributed by atoms with van der Waals surface area (Å²) >= 11 is 1.39. The van der Waals surface area contributed by atoms with Crippen molar-refractivity contribution in [3.05, 3.63) is 47.1 Å². The van der Waals surface area contributed by atoms with Gasteiger partial charge in [-0.05, 0) is 19.1 Å². The van der Waals surface area contributed by atoms with Crippen LogP contribution in [-0.4, -0.2) is 20.7 Å². The first-order valence-corrected chi connectivity index (χ1v) is 8.06. The number of rotatable bonds is 3. The van der Waals surface area contributed by atoms with Crippen molar-refractivity contribution in [2.24, 2.45) is 0 Å². The zero-order valence-electron chi connectivity index (χ0n) is 12.4. The molecule has 0 atom stereocenters. The minimum Gasteiger partial charge on any atom is -0.488 e. The lowest BCUT2D eigenvalue weighted by Crippen LogP contribution is -2.20. The van der Waals surface area contributed by atoms with Crippen molar-refractivity contribution in [1.29, 1.82) is 0 Å². The fourth-order valence-corrected chi connectivity index (χ4v) is 3.20. The van der Waals surface area contributed by atoms with E-state index in [1.165, 1.54) is 11.3 Å². The number of ether oxygens (including phenoxy) is 1. The van der Waals surface area contributed by atoms with E-state index in [1.807, 2.05) is 24.4 Å². The number of aromatic nitrogens is 3. The van der Waals surface area contributed by atoms with Crippen molar-refractivity contribution in [1.82, 2.24) is 14.8 Å². The topological polar surface area (TPSA) is 69.0 Å². The summed E-state index contributed by atoms with van der Waals surface area (Å²) in [5.74, 6) is 0.678. The molecular formula is C16H14N4O2S. The van der Waals surface area contributed by atoms with Crippen LogP contribution < -0.4 is 10.1 Å². The number of amides is 1. The van der Waals surface area contributed by atoms with E-state index in [1.54, 1.807) is 17.1 Å². The molecule has 23 heavy (non-hydrogen) atoms. The van der Waals surface area contributed by atoms with Gasteiger partial charge in [0, 0.05) is 22.7 Å². The van der Waals surface area contributed by atoms with Crippen molar-refractivity contribution in [3.8, 4) is 17.0 Å². The van der Waals surface area contributed by atoms with E-state index in [9.17, 15) is 4.79 Å². The Bertz CT molecular complexity index is 870. The smallest absolute Gasteiger partial charge is 0.247 e. The van der Waals surface area contributed by atoms with Gasteiger partial charge in [0.25, 0.3) is 0 Å². The SMILES string of the molecule is Cc1ccc2c(c1)-c1c(cnn1CC(=O)Nc1nccs1)CO2. The first-order chi connectivity index (χ1) is 11.2. The molecule has 0 unspecified atom stereocenters. The van der Waals surface area contributed by atoms with Crippen LogP contribution in [0.1, 0.15) is 11.1 Å². The minimum absolute atomic E-state index is 0.141. The molecule has 6 nitrogen and oxygen atoms in total. The number of nitrogens with one attached hydrogen (secondary N) is 1. The Morgan fingerprint density at radius 1 is 1.48 bits per heavy atom. The van der Waals surface area contributed by atoms with Crippen LogP contribution in [0.3, 0.4) is 0 Å². The molecule has 7 heteroatoms. The molecule has 0 saturated carbocycles. The second-order valence-corrected chi connectivity index (χ2v) is 6.24. The summed E-state index contributed by atoms with van der Waals surface area (Å²) in [6.07, 6.45) is 3.42. The molecule has 3 heterocycles. The average Bonchev–Trinajstić information content (AvgIpc) is 3.17. The van der Waals surface area contributed by atoms with Crippen LogP contribution in [-0.2, 0) is 17.9 Å². The van der Waals surface area contributed by atoms with Crippen LogP contribution in [0.25, 0.3) is 11.3 Å². The zero-order valence-corrected chi connectivity index (χ0v) is 13.3. The van der Waals surface area contributed by atoms with Crippen molar-refractivity contribution in [3.63, 3.8) is 0 Å². The predicted octanol–water partition coefficient (Wildman–Crippen LogP) is 2.85. The van der Waals surface area contributed by atoms with Crippen LogP contribution in [0, 0.1) is 6.92 Å². The molecule has 0 fully saturated rings. The minimum atomic E-state index is -0.147. The molecule has 3 aromatic rings. The summed E-state index contributed by atoms with van der Waals surface area (Å²) in [4.78, 5) is 16.3. The summed E-state index contributed by atoms with van der Waals surface area (Å²) < 4.78 is 7.47. The number of nitrogens with zero attached hydrogens (tertiary/aromatic N) is 3. The fraction of sp³-hybridized carbons (Fsp3) is 0.188. The number of fused-ring (bicyclic) bond motifs is 3. The van der Waals surface area contributed by atoms with Gasteiger partial charge in [0.05, 0.1) is 11.9 Å². The highest BCUT2D eigenvalue weighted by molar-refractivity contribution is 7.13. The van der Waals surface area contributed by atoms with Gasteiger partial charge < -0.3 is 10.1 Å². The molecule has 1 aliphatic heterocycles. The van der Waals surface area contributed by atoms with E-state index < -0.39 is 0 Å². The van der Waals surface area contributed by atoms with Crippen LogP contribution in [0.2, 0.25) is 0 Å².